The minimum Gasteiger partial charge on any atom is -0.491 e. The maximum Gasteiger partial charge on any atom is 0.333 e. The van der Waals surface area contributed by atoms with E-state index in [1.165, 1.54) is 10.8 Å². The number of hydrogen-bond acceptors (Lipinski definition) is 4. The fourth-order valence-electron chi connectivity index (χ4n) is 2.69. The van der Waals surface area contributed by atoms with Gasteiger partial charge in [0.2, 0.25) is 0 Å². The predicted molar refractivity (Wildman–Crippen MR) is 104 cm³/mol. The van der Waals surface area contributed by atoms with Crippen LogP contribution in [-0.4, -0.2) is 32.4 Å². The number of carbonyl (C=O) groups excluding carboxylic acids is 1. The molecule has 0 aliphatic rings. The second-order valence-corrected chi connectivity index (χ2v) is 6.05. The van der Waals surface area contributed by atoms with Crippen LogP contribution in [0, 0.1) is 0 Å². The first-order valence-corrected chi connectivity index (χ1v) is 8.60. The number of fused-ring (bicyclic) bond motifs is 2. The summed E-state index contributed by atoms with van der Waals surface area (Å²) in [5.74, 6) is 0.443. The standard InChI is InChI=1S/C22H22O4/c1-16(2)22(23)26-13-11-24-10-12-25-21-9-5-8-19-14-17-6-3-4-7-18(17)15-20(19)21/h3-9,14-15H,1,10-13H2,2H3. The quantitative estimate of drug-likeness (QED) is 0.260. The van der Waals surface area contributed by atoms with Gasteiger partial charge in [-0.05, 0) is 41.3 Å². The highest BCUT2D eigenvalue weighted by molar-refractivity contribution is 6.00. The van der Waals surface area contributed by atoms with Crippen LogP contribution in [0.4, 0.5) is 0 Å². The number of ether oxygens (including phenoxy) is 3. The van der Waals surface area contributed by atoms with Crippen LogP contribution < -0.4 is 4.74 Å². The number of rotatable bonds is 8. The molecule has 3 rings (SSSR count). The van der Waals surface area contributed by atoms with Gasteiger partial charge in [-0.2, -0.15) is 0 Å². The molecule has 3 aromatic carbocycles. The Morgan fingerprint density at radius 2 is 1.58 bits per heavy atom. The Morgan fingerprint density at radius 1 is 0.885 bits per heavy atom. The molecule has 0 bridgehead atoms. The van der Waals surface area contributed by atoms with Crippen LogP contribution >= 0.6 is 0 Å². The summed E-state index contributed by atoms with van der Waals surface area (Å²) in [5, 5.41) is 4.63. The van der Waals surface area contributed by atoms with Crippen molar-refractivity contribution in [1.82, 2.24) is 0 Å². The molecule has 0 fully saturated rings. The molecule has 0 atom stereocenters. The second kappa shape index (κ2) is 8.50. The zero-order chi connectivity index (χ0) is 18.4. The third kappa shape index (κ3) is 4.41. The Labute approximate surface area is 153 Å². The van der Waals surface area contributed by atoms with E-state index in [1.54, 1.807) is 6.92 Å². The van der Waals surface area contributed by atoms with Gasteiger partial charge in [0.05, 0.1) is 13.2 Å². The first-order chi connectivity index (χ1) is 12.6. The summed E-state index contributed by atoms with van der Waals surface area (Å²) in [4.78, 5) is 11.2. The summed E-state index contributed by atoms with van der Waals surface area (Å²) < 4.78 is 16.3. The number of benzene rings is 3. The first kappa shape index (κ1) is 18.0. The number of carbonyl (C=O) groups is 1. The fraction of sp³-hybridized carbons (Fsp3) is 0.227. The van der Waals surface area contributed by atoms with Gasteiger partial charge in [0.1, 0.15) is 19.0 Å². The lowest BCUT2D eigenvalue weighted by Gasteiger charge is -2.11. The van der Waals surface area contributed by atoms with E-state index >= 15 is 0 Å². The van der Waals surface area contributed by atoms with Crippen LogP contribution in [0.5, 0.6) is 5.75 Å². The molecule has 0 unspecified atom stereocenters. The highest BCUT2D eigenvalue weighted by Crippen LogP contribution is 2.29. The molecule has 0 saturated heterocycles. The molecule has 4 nitrogen and oxygen atoms in total. The van der Waals surface area contributed by atoms with Crippen molar-refractivity contribution in [2.75, 3.05) is 26.4 Å². The topological polar surface area (TPSA) is 44.8 Å². The average molecular weight is 350 g/mol. The van der Waals surface area contributed by atoms with Gasteiger partial charge in [-0.3, -0.25) is 0 Å². The van der Waals surface area contributed by atoms with Crippen molar-refractivity contribution in [2.24, 2.45) is 0 Å². The molecule has 0 aromatic heterocycles. The molecule has 26 heavy (non-hydrogen) atoms. The van der Waals surface area contributed by atoms with Crippen molar-refractivity contribution in [2.45, 2.75) is 6.92 Å². The van der Waals surface area contributed by atoms with Crippen LogP contribution in [0.1, 0.15) is 6.92 Å². The van der Waals surface area contributed by atoms with Crippen molar-refractivity contribution in [3.8, 4) is 5.75 Å². The van der Waals surface area contributed by atoms with E-state index in [0.29, 0.717) is 25.4 Å². The molecule has 4 heteroatoms. The van der Waals surface area contributed by atoms with Gasteiger partial charge < -0.3 is 14.2 Å². The van der Waals surface area contributed by atoms with Crippen molar-refractivity contribution in [3.05, 3.63) is 66.7 Å². The Hall–Kier alpha value is -2.85. The van der Waals surface area contributed by atoms with E-state index in [4.69, 9.17) is 14.2 Å². The first-order valence-electron chi connectivity index (χ1n) is 8.60. The van der Waals surface area contributed by atoms with Crippen LogP contribution in [-0.2, 0) is 14.3 Å². The second-order valence-electron chi connectivity index (χ2n) is 6.05. The minimum absolute atomic E-state index is 0.214. The van der Waals surface area contributed by atoms with E-state index < -0.39 is 5.97 Å². The predicted octanol–water partition coefficient (Wildman–Crippen LogP) is 4.51. The fourth-order valence-corrected chi connectivity index (χ4v) is 2.69. The van der Waals surface area contributed by atoms with Gasteiger partial charge in [-0.25, -0.2) is 4.79 Å². The summed E-state index contributed by atoms with van der Waals surface area (Å²) in [6.07, 6.45) is 0. The molecule has 0 N–H and O–H groups in total. The lowest BCUT2D eigenvalue weighted by Crippen LogP contribution is -2.13. The van der Waals surface area contributed by atoms with Crippen molar-refractivity contribution >= 4 is 27.5 Å². The lowest BCUT2D eigenvalue weighted by atomic mass is 10.0. The third-order valence-electron chi connectivity index (χ3n) is 4.00. The molecule has 134 valence electrons. The molecule has 0 aliphatic carbocycles. The van der Waals surface area contributed by atoms with Gasteiger partial charge in [0, 0.05) is 11.0 Å². The monoisotopic (exact) mass is 350 g/mol. The third-order valence-corrected chi connectivity index (χ3v) is 4.00. The Morgan fingerprint density at radius 3 is 2.35 bits per heavy atom. The summed E-state index contributed by atoms with van der Waals surface area (Å²) in [5.41, 5.74) is 0.386. The van der Waals surface area contributed by atoms with Crippen molar-refractivity contribution < 1.29 is 19.0 Å². The van der Waals surface area contributed by atoms with Gasteiger partial charge in [-0.15, -0.1) is 0 Å². The Bertz CT molecular complexity index is 930. The van der Waals surface area contributed by atoms with Crippen LogP contribution in [0.25, 0.3) is 21.5 Å². The molecule has 0 amide bonds. The highest BCUT2D eigenvalue weighted by Gasteiger charge is 2.05. The van der Waals surface area contributed by atoms with Crippen LogP contribution in [0.2, 0.25) is 0 Å². The van der Waals surface area contributed by atoms with E-state index in [2.05, 4.69) is 36.9 Å². The van der Waals surface area contributed by atoms with Crippen molar-refractivity contribution in [3.63, 3.8) is 0 Å². The minimum atomic E-state index is -0.396. The van der Waals surface area contributed by atoms with E-state index in [9.17, 15) is 4.79 Å². The Kier molecular flexibility index (Phi) is 5.87. The molecule has 0 spiro atoms. The van der Waals surface area contributed by atoms with Gasteiger partial charge in [-0.1, -0.05) is 43.0 Å². The zero-order valence-electron chi connectivity index (χ0n) is 14.9. The molecule has 3 aromatic rings. The highest BCUT2D eigenvalue weighted by atomic mass is 16.6. The molecular formula is C22H22O4. The normalized spacial score (nSPS) is 10.8. The zero-order valence-corrected chi connectivity index (χ0v) is 14.9. The number of hydrogen-bond donors (Lipinski definition) is 0. The SMILES string of the molecule is C=C(C)C(=O)OCCOCCOc1cccc2cc3ccccc3cc12. The van der Waals surface area contributed by atoms with Gasteiger partial charge >= 0.3 is 5.97 Å². The maximum atomic E-state index is 11.2. The van der Waals surface area contributed by atoms with Crippen LogP contribution in [0.15, 0.2) is 66.7 Å². The summed E-state index contributed by atoms with van der Waals surface area (Å²) >= 11 is 0. The van der Waals surface area contributed by atoms with E-state index in [1.807, 2.05) is 24.3 Å². The smallest absolute Gasteiger partial charge is 0.333 e. The average Bonchev–Trinajstić information content (AvgIpc) is 2.65. The van der Waals surface area contributed by atoms with E-state index in [0.717, 1.165) is 16.5 Å². The molecular weight excluding hydrogens is 328 g/mol. The van der Waals surface area contributed by atoms with Crippen molar-refractivity contribution in [1.29, 1.82) is 0 Å². The molecule has 0 radical (unpaired) electrons. The molecule has 0 saturated carbocycles. The Balaban J connectivity index is 1.53. The largest absolute Gasteiger partial charge is 0.491 e. The maximum absolute atomic E-state index is 11.2. The van der Waals surface area contributed by atoms with Gasteiger partial charge in [0.15, 0.2) is 0 Å². The van der Waals surface area contributed by atoms with Gasteiger partial charge in [0.25, 0.3) is 0 Å². The summed E-state index contributed by atoms with van der Waals surface area (Å²) in [6.45, 7) is 6.55. The van der Waals surface area contributed by atoms with Crippen LogP contribution in [0.3, 0.4) is 0 Å². The molecule has 0 heterocycles. The molecule has 0 aliphatic heterocycles. The van der Waals surface area contributed by atoms with E-state index in [-0.39, 0.29) is 6.61 Å². The summed E-state index contributed by atoms with van der Waals surface area (Å²) in [7, 11) is 0. The summed E-state index contributed by atoms with van der Waals surface area (Å²) in [6, 6.07) is 18.6. The lowest BCUT2D eigenvalue weighted by molar-refractivity contribution is -0.140. The number of esters is 1.